The molecule has 37 heavy (non-hydrogen) atoms. The molecule has 0 aliphatic heterocycles. The summed E-state index contributed by atoms with van der Waals surface area (Å²) in [5, 5.41) is 4.97. The lowest BCUT2D eigenvalue weighted by Crippen LogP contribution is -2.17. The van der Waals surface area contributed by atoms with Crippen molar-refractivity contribution in [3.05, 3.63) is 128 Å². The summed E-state index contributed by atoms with van der Waals surface area (Å²) in [5.41, 5.74) is 4.56. The second kappa shape index (κ2) is 12.5. The largest absolute Gasteiger partial charge is 0.489 e. The number of hydrogen-bond donors (Lipinski definition) is 1. The Kier molecular flexibility index (Phi) is 8.95. The predicted molar refractivity (Wildman–Crippen MR) is 148 cm³/mol. The molecule has 0 heterocycles. The zero-order valence-electron chi connectivity index (χ0n) is 19.2. The van der Waals surface area contributed by atoms with E-state index in [9.17, 15) is 9.59 Å². The number of carbonyl (C=O) groups excluding carboxylic acids is 2. The van der Waals surface area contributed by atoms with Crippen LogP contribution in [-0.2, 0) is 6.61 Å². The van der Waals surface area contributed by atoms with Crippen LogP contribution >= 0.6 is 39.1 Å². The predicted octanol–water partition coefficient (Wildman–Crippen LogP) is 7.32. The van der Waals surface area contributed by atoms with Crippen LogP contribution in [0.25, 0.3) is 0 Å². The SMILES string of the molecule is O=C(N/N=C/c1cc(Br)ccc1OC(=O)c1ccccc1Cl)c1ccc(OCc2ccc(Cl)cc2)cc1. The molecule has 186 valence electrons. The first-order chi connectivity index (χ1) is 17.9. The second-order valence-corrected chi connectivity index (χ2v) is 9.45. The number of hydrogen-bond acceptors (Lipinski definition) is 5. The third-order valence-corrected chi connectivity index (χ3v) is 6.15. The van der Waals surface area contributed by atoms with Gasteiger partial charge in [-0.05, 0) is 72.3 Å². The maximum atomic E-state index is 12.6. The molecule has 0 spiro atoms. The quantitative estimate of drug-likeness (QED) is 0.0999. The minimum absolute atomic E-state index is 0.240. The highest BCUT2D eigenvalue weighted by molar-refractivity contribution is 9.10. The van der Waals surface area contributed by atoms with Gasteiger partial charge in [0.05, 0.1) is 16.8 Å². The third-order valence-electron chi connectivity index (χ3n) is 5.07. The van der Waals surface area contributed by atoms with Crippen LogP contribution in [0.2, 0.25) is 10.0 Å². The molecule has 0 unspecified atom stereocenters. The molecular weight excluding hydrogens is 579 g/mol. The van der Waals surface area contributed by atoms with Gasteiger partial charge in [0.1, 0.15) is 18.1 Å². The lowest BCUT2D eigenvalue weighted by molar-refractivity contribution is 0.0734. The molecule has 0 aliphatic carbocycles. The topological polar surface area (TPSA) is 77.0 Å². The van der Waals surface area contributed by atoms with Gasteiger partial charge in [-0.25, -0.2) is 10.2 Å². The lowest BCUT2D eigenvalue weighted by Gasteiger charge is -2.09. The van der Waals surface area contributed by atoms with Crippen molar-refractivity contribution in [1.82, 2.24) is 5.43 Å². The Labute approximate surface area is 232 Å². The number of carbonyl (C=O) groups is 2. The van der Waals surface area contributed by atoms with Crippen LogP contribution in [0.5, 0.6) is 11.5 Å². The summed E-state index contributed by atoms with van der Waals surface area (Å²) in [6, 6.07) is 25.7. The Morgan fingerprint density at radius 2 is 1.65 bits per heavy atom. The number of esters is 1. The minimum Gasteiger partial charge on any atom is -0.489 e. The smallest absolute Gasteiger partial charge is 0.345 e. The number of nitrogens with zero attached hydrogens (tertiary/aromatic N) is 1. The van der Waals surface area contributed by atoms with Gasteiger partial charge in [0.25, 0.3) is 5.91 Å². The van der Waals surface area contributed by atoms with Gasteiger partial charge in [0.2, 0.25) is 0 Å². The highest BCUT2D eigenvalue weighted by Gasteiger charge is 2.14. The van der Waals surface area contributed by atoms with Crippen molar-refractivity contribution in [2.75, 3.05) is 0 Å². The van der Waals surface area contributed by atoms with E-state index in [1.54, 1.807) is 78.9 Å². The van der Waals surface area contributed by atoms with E-state index in [1.807, 2.05) is 12.1 Å². The van der Waals surface area contributed by atoms with Crippen LogP contribution in [0.3, 0.4) is 0 Å². The molecule has 1 amide bonds. The maximum Gasteiger partial charge on any atom is 0.345 e. The zero-order chi connectivity index (χ0) is 26.2. The van der Waals surface area contributed by atoms with Gasteiger partial charge in [-0.1, -0.05) is 63.4 Å². The summed E-state index contributed by atoms with van der Waals surface area (Å²) in [4.78, 5) is 25.1. The molecule has 0 saturated carbocycles. The van der Waals surface area contributed by atoms with Crippen molar-refractivity contribution in [3.63, 3.8) is 0 Å². The molecule has 0 fully saturated rings. The molecule has 0 aromatic heterocycles. The fraction of sp³-hybridized carbons (Fsp3) is 0.0357. The molecule has 0 atom stereocenters. The number of benzene rings is 4. The van der Waals surface area contributed by atoms with Gasteiger partial charge in [0, 0.05) is 20.6 Å². The van der Waals surface area contributed by atoms with Crippen molar-refractivity contribution < 1.29 is 19.1 Å². The molecule has 0 saturated heterocycles. The molecule has 1 N–H and O–H groups in total. The Hall–Kier alpha value is -3.65. The molecule has 0 bridgehead atoms. The molecule has 0 radical (unpaired) electrons. The van der Waals surface area contributed by atoms with Crippen LogP contribution in [0.4, 0.5) is 0 Å². The summed E-state index contributed by atoms with van der Waals surface area (Å²) in [5.74, 6) is -0.141. The van der Waals surface area contributed by atoms with E-state index < -0.39 is 11.9 Å². The number of rotatable bonds is 8. The molecule has 4 rings (SSSR count). The summed E-state index contributed by atoms with van der Waals surface area (Å²) < 4.78 is 12.0. The van der Waals surface area contributed by atoms with Gasteiger partial charge in [-0.3, -0.25) is 4.79 Å². The van der Waals surface area contributed by atoms with Gasteiger partial charge in [-0.15, -0.1) is 0 Å². The van der Waals surface area contributed by atoms with Crippen molar-refractivity contribution >= 4 is 57.2 Å². The summed E-state index contributed by atoms with van der Waals surface area (Å²) in [6.45, 7) is 0.378. The first-order valence-corrected chi connectivity index (χ1v) is 12.5. The van der Waals surface area contributed by atoms with E-state index in [2.05, 4.69) is 26.5 Å². The highest BCUT2D eigenvalue weighted by atomic mass is 79.9. The van der Waals surface area contributed by atoms with Gasteiger partial charge in [0.15, 0.2) is 0 Å². The molecule has 0 aliphatic rings. The minimum atomic E-state index is -0.607. The van der Waals surface area contributed by atoms with E-state index in [0.717, 1.165) is 10.0 Å². The molecule has 9 heteroatoms. The molecule has 4 aromatic rings. The van der Waals surface area contributed by atoms with Crippen molar-refractivity contribution in [1.29, 1.82) is 0 Å². The fourth-order valence-corrected chi connectivity index (χ4v) is 3.89. The summed E-state index contributed by atoms with van der Waals surface area (Å²) >= 11 is 15.4. The van der Waals surface area contributed by atoms with Crippen molar-refractivity contribution in [2.24, 2.45) is 5.10 Å². The van der Waals surface area contributed by atoms with Crippen LogP contribution in [-0.4, -0.2) is 18.1 Å². The standard InChI is InChI=1S/C28H19BrCl2N2O4/c29-21-9-14-26(37-28(35)24-3-1-2-4-25(24)31)20(15-21)16-32-33-27(34)19-7-12-23(13-8-19)36-17-18-5-10-22(30)11-6-18/h1-16H,17H2,(H,33,34)/b32-16+. The molecule has 4 aromatic carbocycles. The van der Waals surface area contributed by atoms with Gasteiger partial charge < -0.3 is 9.47 Å². The average molecular weight is 598 g/mol. The number of ether oxygens (including phenoxy) is 2. The average Bonchev–Trinajstić information content (AvgIpc) is 2.90. The zero-order valence-corrected chi connectivity index (χ0v) is 22.3. The van der Waals surface area contributed by atoms with Crippen LogP contribution < -0.4 is 14.9 Å². The first kappa shape index (κ1) is 26.4. The third kappa shape index (κ3) is 7.43. The summed E-state index contributed by atoms with van der Waals surface area (Å²) in [6.07, 6.45) is 1.39. The number of halogens is 3. The fourth-order valence-electron chi connectivity index (χ4n) is 3.17. The van der Waals surface area contributed by atoms with E-state index in [-0.39, 0.29) is 16.3 Å². The Balaban J connectivity index is 1.37. The van der Waals surface area contributed by atoms with E-state index >= 15 is 0 Å². The summed E-state index contributed by atoms with van der Waals surface area (Å²) in [7, 11) is 0. The monoisotopic (exact) mass is 596 g/mol. The van der Waals surface area contributed by atoms with Crippen LogP contribution in [0.1, 0.15) is 31.8 Å². The van der Waals surface area contributed by atoms with Gasteiger partial charge in [-0.2, -0.15) is 5.10 Å². The number of nitrogens with one attached hydrogen (secondary N) is 1. The van der Waals surface area contributed by atoms with Crippen LogP contribution in [0.15, 0.2) is 101 Å². The molecule has 6 nitrogen and oxygen atoms in total. The Morgan fingerprint density at radius 3 is 2.38 bits per heavy atom. The van der Waals surface area contributed by atoms with Crippen LogP contribution in [0, 0.1) is 0 Å². The van der Waals surface area contributed by atoms with E-state index in [0.29, 0.717) is 28.5 Å². The van der Waals surface area contributed by atoms with E-state index in [4.69, 9.17) is 32.7 Å². The Bertz CT molecular complexity index is 1440. The number of amides is 1. The first-order valence-electron chi connectivity index (χ1n) is 11.0. The Morgan fingerprint density at radius 1 is 0.919 bits per heavy atom. The highest BCUT2D eigenvalue weighted by Crippen LogP contribution is 2.24. The van der Waals surface area contributed by atoms with E-state index in [1.165, 1.54) is 6.21 Å². The normalized spacial score (nSPS) is 10.8. The van der Waals surface area contributed by atoms with Crippen molar-refractivity contribution in [3.8, 4) is 11.5 Å². The van der Waals surface area contributed by atoms with Gasteiger partial charge >= 0.3 is 5.97 Å². The molecular formula is C28H19BrCl2N2O4. The van der Waals surface area contributed by atoms with Crippen molar-refractivity contribution in [2.45, 2.75) is 6.61 Å². The second-order valence-electron chi connectivity index (χ2n) is 7.69. The lowest BCUT2D eigenvalue weighted by atomic mass is 10.2. The number of hydrazone groups is 1. The maximum absolute atomic E-state index is 12.6.